The Balaban J connectivity index is 0.000000404. The number of methoxy groups -OCH3 is 1. The fourth-order valence-corrected chi connectivity index (χ4v) is 8.42. The highest BCUT2D eigenvalue weighted by Gasteiger charge is 2.53. The van der Waals surface area contributed by atoms with E-state index in [0.29, 0.717) is 54.0 Å². The number of aliphatic hydroxyl groups excluding tert-OH is 1. The number of allylic oxidation sites excluding steroid dienone is 1. The number of amides is 1. The molecule has 0 radical (unpaired) electrons. The monoisotopic (exact) mass is 732 g/mol. The van der Waals surface area contributed by atoms with Crippen LogP contribution in [0, 0.1) is 5.82 Å². The van der Waals surface area contributed by atoms with Crippen LogP contribution in [0.4, 0.5) is 14.6 Å². The third kappa shape index (κ3) is 7.59. The molecule has 4 aliphatic rings. The molecule has 2 aromatic carbocycles. The molecule has 8 rings (SSSR count). The second-order valence-electron chi connectivity index (χ2n) is 14.4. The molecule has 12 heteroatoms. The Hall–Kier alpha value is -3.93. The first kappa shape index (κ1) is 36.4. The molecule has 1 spiro atoms. The number of ether oxygens (including phenoxy) is 1. The summed E-state index contributed by atoms with van der Waals surface area (Å²) in [6.45, 7) is 3.75. The van der Waals surface area contributed by atoms with E-state index in [1.54, 1.807) is 18.3 Å². The maximum atomic E-state index is 16.3. The number of carbonyl (C=O) groups excluding carboxylic acids is 1. The van der Waals surface area contributed by atoms with E-state index in [4.69, 9.17) is 21.4 Å². The molecule has 1 amide bonds. The van der Waals surface area contributed by atoms with Crippen LogP contribution >= 0.6 is 11.6 Å². The van der Waals surface area contributed by atoms with Gasteiger partial charge in [0.1, 0.15) is 23.2 Å². The largest absolute Gasteiger partial charge is 0.467 e. The lowest BCUT2D eigenvalue weighted by atomic mass is 10.0. The summed E-state index contributed by atoms with van der Waals surface area (Å²) in [7, 11) is 1.47. The number of piperazine rings is 1. The predicted molar refractivity (Wildman–Crippen MR) is 201 cm³/mol. The van der Waals surface area contributed by atoms with Crippen LogP contribution in [0.1, 0.15) is 64.2 Å². The fourth-order valence-electron chi connectivity index (χ4n) is 8.14. The summed E-state index contributed by atoms with van der Waals surface area (Å²) in [5.74, 6) is 0.0135. The van der Waals surface area contributed by atoms with Gasteiger partial charge in [0.15, 0.2) is 5.82 Å². The fraction of sp³-hybridized carbons (Fsp3) is 0.500. The molecule has 1 aliphatic carbocycles. The minimum atomic E-state index is -0.566. The standard InChI is InChI=1S/C33H35ClFN5O3.C7H12FN/c1-43-32-37-30-24(20-36-29(28(30)35)23-12-8-10-22-11-9-13-25(34)27(22)23)31(38-32)39-17-18-40(33(21-39)15-16-33)26(42)14-6-4-2-3-5-7-19-41;8-6-4-7-2-1-3-9(7)5-6/h6,8-14,20,41H,2-5,7,15-19,21H2,1H3;6-7H,1-5H2/b14-6+;. The predicted octanol–water partition coefficient (Wildman–Crippen LogP) is 7.52. The van der Waals surface area contributed by atoms with Crippen LogP contribution < -0.4 is 9.64 Å². The smallest absolute Gasteiger partial charge is 0.318 e. The Morgan fingerprint density at radius 3 is 2.67 bits per heavy atom. The summed E-state index contributed by atoms with van der Waals surface area (Å²) in [5, 5.41) is 11.5. The average Bonchev–Trinajstić information content (AvgIpc) is 3.61. The molecule has 3 saturated heterocycles. The van der Waals surface area contributed by atoms with Gasteiger partial charge in [-0.3, -0.25) is 14.7 Å². The first-order valence-corrected chi connectivity index (χ1v) is 19.0. The van der Waals surface area contributed by atoms with Gasteiger partial charge in [-0.15, -0.1) is 0 Å². The van der Waals surface area contributed by atoms with Crippen molar-refractivity contribution in [2.45, 2.75) is 82.0 Å². The van der Waals surface area contributed by atoms with E-state index in [-0.39, 0.29) is 35.3 Å². The van der Waals surface area contributed by atoms with Crippen LogP contribution in [0.3, 0.4) is 0 Å². The number of benzene rings is 2. The highest BCUT2D eigenvalue weighted by Crippen LogP contribution is 2.46. The van der Waals surface area contributed by atoms with Crippen LogP contribution in [0.25, 0.3) is 32.9 Å². The van der Waals surface area contributed by atoms with Gasteiger partial charge < -0.3 is 19.6 Å². The van der Waals surface area contributed by atoms with E-state index in [1.807, 2.05) is 41.3 Å². The maximum absolute atomic E-state index is 16.3. The van der Waals surface area contributed by atoms with E-state index in [1.165, 1.54) is 20.0 Å². The zero-order valence-electron chi connectivity index (χ0n) is 29.7. The molecule has 52 heavy (non-hydrogen) atoms. The molecule has 1 saturated carbocycles. The molecule has 2 atom stereocenters. The molecule has 5 heterocycles. The average molecular weight is 733 g/mol. The van der Waals surface area contributed by atoms with E-state index < -0.39 is 12.0 Å². The Morgan fingerprint density at radius 2 is 1.90 bits per heavy atom. The number of hydrogen-bond donors (Lipinski definition) is 1. The molecule has 4 fully saturated rings. The highest BCUT2D eigenvalue weighted by molar-refractivity contribution is 6.36. The normalized spacial score (nSPS) is 20.9. The van der Waals surface area contributed by atoms with Crippen LogP contribution in [-0.4, -0.2) is 100.0 Å². The molecule has 2 aromatic heterocycles. The topological polar surface area (TPSA) is 94.9 Å². The Morgan fingerprint density at radius 1 is 1.10 bits per heavy atom. The number of aliphatic hydroxyl groups is 1. The van der Waals surface area contributed by atoms with Crippen molar-refractivity contribution in [3.63, 3.8) is 0 Å². The van der Waals surface area contributed by atoms with Gasteiger partial charge in [0.2, 0.25) is 5.91 Å². The maximum Gasteiger partial charge on any atom is 0.318 e. The van der Waals surface area contributed by atoms with Crippen molar-refractivity contribution >= 4 is 45.0 Å². The second-order valence-corrected chi connectivity index (χ2v) is 14.9. The van der Waals surface area contributed by atoms with Crippen molar-refractivity contribution in [1.29, 1.82) is 0 Å². The van der Waals surface area contributed by atoms with Crippen LogP contribution in [0.2, 0.25) is 5.02 Å². The lowest BCUT2D eigenvalue weighted by Crippen LogP contribution is -2.57. The molecule has 4 aromatic rings. The molecule has 0 bridgehead atoms. The first-order valence-electron chi connectivity index (χ1n) is 18.6. The first-order chi connectivity index (χ1) is 25.3. The number of rotatable bonds is 10. The molecular weight excluding hydrogens is 686 g/mol. The Labute approximate surface area is 308 Å². The summed E-state index contributed by atoms with van der Waals surface area (Å²) >= 11 is 6.54. The van der Waals surface area contributed by atoms with Gasteiger partial charge in [-0.05, 0) is 75.4 Å². The van der Waals surface area contributed by atoms with Crippen molar-refractivity contribution in [2.24, 2.45) is 0 Å². The Kier molecular flexibility index (Phi) is 11.2. The third-order valence-electron chi connectivity index (χ3n) is 11.0. The summed E-state index contributed by atoms with van der Waals surface area (Å²) in [4.78, 5) is 33.1. The van der Waals surface area contributed by atoms with Gasteiger partial charge in [-0.25, -0.2) is 8.78 Å². The molecule has 3 aliphatic heterocycles. The molecule has 2 unspecified atom stereocenters. The number of alkyl halides is 1. The number of carbonyl (C=O) groups is 1. The lowest BCUT2D eigenvalue weighted by Gasteiger charge is -2.42. The zero-order valence-corrected chi connectivity index (χ0v) is 30.5. The quantitative estimate of drug-likeness (QED) is 0.132. The van der Waals surface area contributed by atoms with Gasteiger partial charge in [0, 0.05) is 61.0 Å². The number of unbranched alkanes of at least 4 members (excludes halogenated alkanes) is 4. The minimum absolute atomic E-state index is 0.0312. The molecular formula is C40H47ClF2N6O3. The SMILES string of the molecule is COc1nc(N2CCN(C(=O)/C=C/CCCCCCO)C3(CC3)C2)c2cnc(-c3cccc4cccc(Cl)c34)c(F)c2n1.FC1CC2CCCN2C1. The molecule has 9 nitrogen and oxygen atoms in total. The number of pyridine rings is 1. The van der Waals surface area contributed by atoms with E-state index in [2.05, 4.69) is 24.8 Å². The van der Waals surface area contributed by atoms with Gasteiger partial charge in [0.25, 0.3) is 0 Å². The highest BCUT2D eigenvalue weighted by atomic mass is 35.5. The number of aromatic nitrogens is 3. The van der Waals surface area contributed by atoms with E-state index in [0.717, 1.165) is 68.7 Å². The summed E-state index contributed by atoms with van der Waals surface area (Å²) in [5.41, 5.74) is 0.606. The van der Waals surface area contributed by atoms with Crippen molar-refractivity contribution in [1.82, 2.24) is 24.8 Å². The van der Waals surface area contributed by atoms with E-state index >= 15 is 4.39 Å². The van der Waals surface area contributed by atoms with Gasteiger partial charge in [-0.1, -0.05) is 60.9 Å². The van der Waals surface area contributed by atoms with Crippen molar-refractivity contribution in [3.05, 3.63) is 65.6 Å². The number of anilines is 1. The number of fused-ring (bicyclic) bond motifs is 3. The number of nitrogens with zero attached hydrogens (tertiary/aromatic N) is 6. The molecule has 1 N–H and O–H groups in total. The van der Waals surface area contributed by atoms with Gasteiger partial charge >= 0.3 is 6.01 Å². The summed E-state index contributed by atoms with van der Waals surface area (Å²) in [6.07, 6.45) is 14.6. The number of halogens is 3. The van der Waals surface area contributed by atoms with Crippen molar-refractivity contribution < 1.29 is 23.4 Å². The summed E-state index contributed by atoms with van der Waals surface area (Å²) < 4.78 is 34.3. The summed E-state index contributed by atoms with van der Waals surface area (Å²) in [6, 6.07) is 11.9. The van der Waals surface area contributed by atoms with Gasteiger partial charge in [0.05, 0.1) is 18.0 Å². The van der Waals surface area contributed by atoms with E-state index in [9.17, 15) is 9.18 Å². The van der Waals surface area contributed by atoms with Crippen molar-refractivity contribution in [3.8, 4) is 17.3 Å². The second kappa shape index (κ2) is 16.0. The lowest BCUT2D eigenvalue weighted by molar-refractivity contribution is -0.129. The van der Waals surface area contributed by atoms with Crippen molar-refractivity contribution in [2.75, 3.05) is 51.3 Å². The zero-order chi connectivity index (χ0) is 36.2. The minimum Gasteiger partial charge on any atom is -0.467 e. The molecule has 276 valence electrons. The third-order valence-corrected chi connectivity index (χ3v) is 11.3. The van der Waals surface area contributed by atoms with Crippen LogP contribution in [0.5, 0.6) is 6.01 Å². The van der Waals surface area contributed by atoms with Crippen LogP contribution in [0.15, 0.2) is 54.7 Å². The van der Waals surface area contributed by atoms with Gasteiger partial charge in [-0.2, -0.15) is 9.97 Å². The number of hydrogen-bond acceptors (Lipinski definition) is 8. The Bertz CT molecular complexity index is 1920. The van der Waals surface area contributed by atoms with Crippen LogP contribution in [-0.2, 0) is 4.79 Å².